The van der Waals surface area contributed by atoms with Gasteiger partial charge in [0.2, 0.25) is 0 Å². The molecule has 0 nitrogen and oxygen atoms in total. The molecule has 0 saturated carbocycles. The zero-order valence-corrected chi connectivity index (χ0v) is 9.06. The standard InChI is InChI=1S/C11H13Br/c1-8(2)9(3)10-4-6-11(12)7-5-10/h4-8H,3H2,1-2H3. The van der Waals surface area contributed by atoms with Crippen LogP contribution in [0.15, 0.2) is 35.3 Å². The minimum Gasteiger partial charge on any atom is -0.0950 e. The fourth-order valence-corrected chi connectivity index (χ4v) is 1.26. The predicted molar refractivity (Wildman–Crippen MR) is 58.0 cm³/mol. The molecule has 0 atom stereocenters. The van der Waals surface area contributed by atoms with Gasteiger partial charge in [0, 0.05) is 4.47 Å². The summed E-state index contributed by atoms with van der Waals surface area (Å²) in [5.41, 5.74) is 2.43. The maximum atomic E-state index is 4.04. The van der Waals surface area contributed by atoms with E-state index in [1.54, 1.807) is 0 Å². The van der Waals surface area contributed by atoms with Crippen LogP contribution < -0.4 is 0 Å². The van der Waals surface area contributed by atoms with Crippen LogP contribution in [0.2, 0.25) is 0 Å². The van der Waals surface area contributed by atoms with Crippen molar-refractivity contribution in [2.24, 2.45) is 5.92 Å². The smallest absolute Gasteiger partial charge is 0.0175 e. The highest BCUT2D eigenvalue weighted by atomic mass is 79.9. The number of benzene rings is 1. The van der Waals surface area contributed by atoms with Gasteiger partial charge in [0.05, 0.1) is 0 Å². The number of hydrogen-bond donors (Lipinski definition) is 0. The van der Waals surface area contributed by atoms with Crippen molar-refractivity contribution in [1.29, 1.82) is 0 Å². The number of halogens is 1. The summed E-state index contributed by atoms with van der Waals surface area (Å²) < 4.78 is 1.11. The monoisotopic (exact) mass is 224 g/mol. The molecule has 1 rings (SSSR count). The Morgan fingerprint density at radius 1 is 1.25 bits per heavy atom. The molecule has 1 heteroatoms. The van der Waals surface area contributed by atoms with E-state index in [9.17, 15) is 0 Å². The molecule has 1 aromatic carbocycles. The molecule has 0 aliphatic carbocycles. The summed E-state index contributed by atoms with van der Waals surface area (Å²) in [7, 11) is 0. The van der Waals surface area contributed by atoms with E-state index in [1.807, 2.05) is 12.1 Å². The first-order valence-electron chi connectivity index (χ1n) is 4.06. The van der Waals surface area contributed by atoms with Crippen molar-refractivity contribution in [3.05, 3.63) is 40.9 Å². The minimum absolute atomic E-state index is 0.520. The van der Waals surface area contributed by atoms with Gasteiger partial charge >= 0.3 is 0 Å². The highest BCUT2D eigenvalue weighted by Crippen LogP contribution is 2.22. The molecule has 12 heavy (non-hydrogen) atoms. The van der Waals surface area contributed by atoms with Gasteiger partial charge in [-0.15, -0.1) is 0 Å². The Labute approximate surface area is 82.4 Å². The summed E-state index contributed by atoms with van der Waals surface area (Å²) >= 11 is 3.40. The average Bonchev–Trinajstić information content (AvgIpc) is 2.04. The first-order valence-corrected chi connectivity index (χ1v) is 4.85. The van der Waals surface area contributed by atoms with Gasteiger partial charge in [-0.05, 0) is 29.2 Å². The minimum atomic E-state index is 0.520. The maximum Gasteiger partial charge on any atom is 0.0175 e. The van der Waals surface area contributed by atoms with Crippen LogP contribution in [0.25, 0.3) is 5.57 Å². The van der Waals surface area contributed by atoms with Gasteiger partial charge in [-0.2, -0.15) is 0 Å². The zero-order valence-electron chi connectivity index (χ0n) is 7.47. The van der Waals surface area contributed by atoms with Gasteiger partial charge in [0.15, 0.2) is 0 Å². The van der Waals surface area contributed by atoms with E-state index >= 15 is 0 Å². The molecule has 0 aromatic heterocycles. The molecule has 0 N–H and O–H groups in total. The Morgan fingerprint density at radius 2 is 1.75 bits per heavy atom. The average molecular weight is 225 g/mol. The summed E-state index contributed by atoms with van der Waals surface area (Å²) in [6, 6.07) is 8.27. The lowest BCUT2D eigenvalue weighted by Gasteiger charge is -2.08. The Balaban J connectivity index is 2.90. The van der Waals surface area contributed by atoms with E-state index in [4.69, 9.17) is 0 Å². The lowest BCUT2D eigenvalue weighted by molar-refractivity contribution is 0.858. The Morgan fingerprint density at radius 3 is 2.17 bits per heavy atom. The van der Waals surface area contributed by atoms with Crippen LogP contribution in [0.3, 0.4) is 0 Å². The van der Waals surface area contributed by atoms with Crippen molar-refractivity contribution in [2.75, 3.05) is 0 Å². The second kappa shape index (κ2) is 3.90. The van der Waals surface area contributed by atoms with E-state index in [2.05, 4.69) is 48.5 Å². The van der Waals surface area contributed by atoms with Gasteiger partial charge in [0.25, 0.3) is 0 Å². The molecule has 0 amide bonds. The van der Waals surface area contributed by atoms with Crippen molar-refractivity contribution in [2.45, 2.75) is 13.8 Å². The van der Waals surface area contributed by atoms with E-state index in [0.717, 1.165) is 4.47 Å². The Kier molecular flexibility index (Phi) is 3.10. The lowest BCUT2D eigenvalue weighted by atomic mass is 9.97. The summed E-state index contributed by atoms with van der Waals surface area (Å²) in [6.45, 7) is 8.35. The van der Waals surface area contributed by atoms with E-state index in [1.165, 1.54) is 11.1 Å². The maximum absolute atomic E-state index is 4.04. The first kappa shape index (κ1) is 9.53. The summed E-state index contributed by atoms with van der Waals surface area (Å²) in [5.74, 6) is 0.520. The fourth-order valence-electron chi connectivity index (χ4n) is 0.997. The molecule has 0 heterocycles. The van der Waals surface area contributed by atoms with Crippen molar-refractivity contribution in [3.8, 4) is 0 Å². The fraction of sp³-hybridized carbons (Fsp3) is 0.273. The van der Waals surface area contributed by atoms with Crippen molar-refractivity contribution in [3.63, 3.8) is 0 Å². The quantitative estimate of drug-likeness (QED) is 0.710. The van der Waals surface area contributed by atoms with Crippen LogP contribution in [0.5, 0.6) is 0 Å². The second-order valence-corrected chi connectivity index (χ2v) is 4.10. The van der Waals surface area contributed by atoms with Gasteiger partial charge in [0.1, 0.15) is 0 Å². The van der Waals surface area contributed by atoms with Gasteiger partial charge < -0.3 is 0 Å². The summed E-state index contributed by atoms with van der Waals surface area (Å²) in [6.07, 6.45) is 0. The molecule has 0 bridgehead atoms. The topological polar surface area (TPSA) is 0 Å². The summed E-state index contributed by atoms with van der Waals surface area (Å²) in [5, 5.41) is 0. The molecule has 0 radical (unpaired) electrons. The van der Waals surface area contributed by atoms with Gasteiger partial charge in [-0.1, -0.05) is 48.5 Å². The lowest BCUT2D eigenvalue weighted by Crippen LogP contribution is -1.90. The van der Waals surface area contributed by atoms with Crippen molar-refractivity contribution >= 4 is 21.5 Å². The largest absolute Gasteiger partial charge is 0.0950 e. The Bertz CT molecular complexity index is 270. The third-order valence-corrected chi connectivity index (χ3v) is 2.44. The third kappa shape index (κ3) is 2.21. The number of allylic oxidation sites excluding steroid dienone is 1. The molecule has 0 fully saturated rings. The van der Waals surface area contributed by atoms with Crippen molar-refractivity contribution in [1.82, 2.24) is 0 Å². The molecule has 0 spiro atoms. The van der Waals surface area contributed by atoms with Gasteiger partial charge in [-0.25, -0.2) is 0 Å². The van der Waals surface area contributed by atoms with Crippen LogP contribution >= 0.6 is 15.9 Å². The Hall–Kier alpha value is -0.560. The highest BCUT2D eigenvalue weighted by Gasteiger charge is 2.02. The molecule has 1 aromatic rings. The first-order chi connectivity index (χ1) is 5.61. The summed E-state index contributed by atoms with van der Waals surface area (Å²) in [4.78, 5) is 0. The van der Waals surface area contributed by atoms with Crippen LogP contribution in [0, 0.1) is 5.92 Å². The van der Waals surface area contributed by atoms with Crippen molar-refractivity contribution < 1.29 is 0 Å². The van der Waals surface area contributed by atoms with E-state index in [-0.39, 0.29) is 0 Å². The van der Waals surface area contributed by atoms with Crippen LogP contribution in [-0.4, -0.2) is 0 Å². The van der Waals surface area contributed by atoms with Crippen LogP contribution in [-0.2, 0) is 0 Å². The second-order valence-electron chi connectivity index (χ2n) is 3.19. The van der Waals surface area contributed by atoms with Crippen LogP contribution in [0.1, 0.15) is 19.4 Å². The number of rotatable bonds is 2. The molecular weight excluding hydrogens is 212 g/mol. The molecular formula is C11H13Br. The normalized spacial score (nSPS) is 10.3. The molecule has 64 valence electrons. The van der Waals surface area contributed by atoms with E-state index in [0.29, 0.717) is 5.92 Å². The molecule has 0 aliphatic rings. The predicted octanol–water partition coefficient (Wildman–Crippen LogP) is 4.12. The zero-order chi connectivity index (χ0) is 9.14. The molecule has 0 unspecified atom stereocenters. The number of hydrogen-bond acceptors (Lipinski definition) is 0. The molecule has 0 saturated heterocycles. The molecule has 0 aliphatic heterocycles. The van der Waals surface area contributed by atoms with E-state index < -0.39 is 0 Å². The SMILES string of the molecule is C=C(c1ccc(Br)cc1)C(C)C. The van der Waals surface area contributed by atoms with Gasteiger partial charge in [-0.3, -0.25) is 0 Å². The highest BCUT2D eigenvalue weighted by molar-refractivity contribution is 9.10. The van der Waals surface area contributed by atoms with Crippen LogP contribution in [0.4, 0.5) is 0 Å². The third-order valence-electron chi connectivity index (χ3n) is 1.91.